The molecule has 1 aliphatic heterocycles. The summed E-state index contributed by atoms with van der Waals surface area (Å²) in [7, 11) is 0. The lowest BCUT2D eigenvalue weighted by Crippen LogP contribution is -2.30. The molecule has 8 bridgehead atoms. The Morgan fingerprint density at radius 3 is 0.859 bits per heavy atom. The van der Waals surface area contributed by atoms with E-state index >= 15 is 0 Å². The number of amides is 2. The highest BCUT2D eigenvalue weighted by atomic mass is 16.5. The van der Waals surface area contributed by atoms with E-state index in [0.717, 1.165) is 93.6 Å². The van der Waals surface area contributed by atoms with Crippen LogP contribution >= 0.6 is 0 Å². The van der Waals surface area contributed by atoms with Gasteiger partial charge in [0, 0.05) is 32.2 Å². The average Bonchev–Trinajstić information content (AvgIpc) is 3.61. The monoisotopic (exact) mass is 1060 g/mol. The normalized spacial score (nSPS) is 14.0. The summed E-state index contributed by atoms with van der Waals surface area (Å²) in [6, 6.07) is 26.6. The molecule has 0 fully saturated rings. The van der Waals surface area contributed by atoms with E-state index in [1.807, 2.05) is 12.1 Å². The zero-order valence-corrected chi connectivity index (χ0v) is 51.0. The number of fused-ring (bicyclic) bond motifs is 9. The van der Waals surface area contributed by atoms with Crippen LogP contribution in [-0.4, -0.2) is 49.7 Å². The van der Waals surface area contributed by atoms with Crippen LogP contribution in [0.15, 0.2) is 72.8 Å². The Kier molecular flexibility index (Phi) is 19.8. The number of hydrogen-bond donors (Lipinski definition) is 0. The quantitative estimate of drug-likeness (QED) is 0.0528. The minimum atomic E-state index is -0.157. The Bertz CT molecular complexity index is 2720. The topological polar surface area (TPSA) is 74.3 Å². The van der Waals surface area contributed by atoms with Crippen LogP contribution in [0.25, 0.3) is 0 Å². The molecule has 2 amide bonds. The van der Waals surface area contributed by atoms with Gasteiger partial charge in [0.25, 0.3) is 11.8 Å². The highest BCUT2D eigenvalue weighted by molar-refractivity contribution is 6.21. The highest BCUT2D eigenvalue weighted by Crippen LogP contribution is 2.45. The molecule has 0 aromatic heterocycles. The van der Waals surface area contributed by atoms with Crippen molar-refractivity contribution in [2.24, 2.45) is 0 Å². The molecule has 0 unspecified atom stereocenters. The molecule has 78 heavy (non-hydrogen) atoms. The van der Waals surface area contributed by atoms with Crippen molar-refractivity contribution in [2.45, 2.75) is 222 Å². The van der Waals surface area contributed by atoms with Crippen LogP contribution in [0.1, 0.15) is 262 Å². The van der Waals surface area contributed by atoms with Gasteiger partial charge in [0.15, 0.2) is 0 Å². The molecule has 0 atom stereocenters. The van der Waals surface area contributed by atoms with Crippen molar-refractivity contribution < 1.29 is 28.5 Å². The van der Waals surface area contributed by atoms with Crippen LogP contribution in [0, 0.1) is 0 Å². The SMILES string of the molecule is CCCOc1c2cc(C(C)(C)C)cc1Cc1cc(C(C)(C)C)cc(c1OCCC)Cc1cc(C(C)(C)C)cc(c1OCCCCCCCCCCN1C(=O)c3ccccc3C1=O)Cc1cc(C(C)(C)C)cc(c1OCCC)C2. The molecule has 7 rings (SSSR count). The summed E-state index contributed by atoms with van der Waals surface area (Å²) in [4.78, 5) is 27.2. The third-order valence-corrected chi connectivity index (χ3v) is 15.7. The second-order valence-corrected chi connectivity index (χ2v) is 26.7. The van der Waals surface area contributed by atoms with Crippen LogP contribution in [0.3, 0.4) is 0 Å². The van der Waals surface area contributed by atoms with Gasteiger partial charge in [-0.15, -0.1) is 0 Å². The fourth-order valence-corrected chi connectivity index (χ4v) is 11.0. The molecule has 0 spiro atoms. The molecular formula is C71H97NO6. The molecule has 0 saturated carbocycles. The van der Waals surface area contributed by atoms with E-state index in [0.29, 0.717) is 69.8 Å². The second kappa shape index (κ2) is 25.7. The average molecular weight is 1060 g/mol. The lowest BCUT2D eigenvalue weighted by Gasteiger charge is -2.29. The number of ether oxygens (including phenoxy) is 4. The molecule has 422 valence electrons. The van der Waals surface area contributed by atoms with Gasteiger partial charge in [-0.1, -0.05) is 203 Å². The molecule has 7 nitrogen and oxygen atoms in total. The van der Waals surface area contributed by atoms with E-state index in [4.69, 9.17) is 18.9 Å². The van der Waals surface area contributed by atoms with E-state index in [1.54, 1.807) is 12.1 Å². The van der Waals surface area contributed by atoms with Gasteiger partial charge in [-0.2, -0.15) is 0 Å². The zero-order valence-electron chi connectivity index (χ0n) is 51.0. The minimum Gasteiger partial charge on any atom is -0.493 e. The third-order valence-electron chi connectivity index (χ3n) is 15.7. The van der Waals surface area contributed by atoms with Crippen LogP contribution in [0.4, 0.5) is 0 Å². The van der Waals surface area contributed by atoms with E-state index in [1.165, 1.54) is 71.7 Å². The Hall–Kier alpha value is -5.56. The summed E-state index contributed by atoms with van der Waals surface area (Å²) >= 11 is 0. The molecule has 2 aliphatic rings. The Balaban J connectivity index is 1.29. The fourth-order valence-electron chi connectivity index (χ4n) is 11.0. The molecular weight excluding hydrogens is 963 g/mol. The molecule has 7 heteroatoms. The first-order valence-electron chi connectivity index (χ1n) is 30.0. The van der Waals surface area contributed by atoms with E-state index in [-0.39, 0.29) is 33.5 Å². The summed E-state index contributed by atoms with van der Waals surface area (Å²) in [5.74, 6) is 3.61. The second-order valence-electron chi connectivity index (χ2n) is 26.7. The first-order valence-corrected chi connectivity index (χ1v) is 30.0. The van der Waals surface area contributed by atoms with Crippen molar-refractivity contribution in [3.05, 3.63) is 151 Å². The van der Waals surface area contributed by atoms with Crippen molar-refractivity contribution in [2.75, 3.05) is 33.0 Å². The van der Waals surface area contributed by atoms with Gasteiger partial charge in [-0.05, 0) is 133 Å². The van der Waals surface area contributed by atoms with Crippen molar-refractivity contribution in [3.8, 4) is 23.0 Å². The van der Waals surface area contributed by atoms with Crippen molar-refractivity contribution in [1.82, 2.24) is 4.90 Å². The van der Waals surface area contributed by atoms with Crippen LogP contribution in [0.5, 0.6) is 23.0 Å². The summed E-state index contributed by atoms with van der Waals surface area (Å²) in [5, 5.41) is 0. The van der Waals surface area contributed by atoms with Crippen molar-refractivity contribution >= 4 is 11.8 Å². The molecule has 1 heterocycles. The van der Waals surface area contributed by atoms with Gasteiger partial charge in [0.1, 0.15) is 23.0 Å². The van der Waals surface area contributed by atoms with E-state index in [2.05, 4.69) is 152 Å². The first-order chi connectivity index (χ1) is 36.9. The number of benzene rings is 5. The van der Waals surface area contributed by atoms with Gasteiger partial charge in [0.05, 0.1) is 37.6 Å². The zero-order chi connectivity index (χ0) is 56.6. The maximum absolute atomic E-state index is 12.9. The fraction of sp³-hybridized carbons (Fsp3) is 0.549. The predicted octanol–water partition coefficient (Wildman–Crippen LogP) is 17.7. The number of rotatable bonds is 21. The Morgan fingerprint density at radius 1 is 0.359 bits per heavy atom. The lowest BCUT2D eigenvalue weighted by molar-refractivity contribution is 0.0651. The van der Waals surface area contributed by atoms with Gasteiger partial charge in [0.2, 0.25) is 0 Å². The summed E-state index contributed by atoms with van der Waals surface area (Å²) in [6.45, 7) is 37.5. The Morgan fingerprint density at radius 2 is 0.603 bits per heavy atom. The number of carbonyl (C=O) groups excluding carboxylic acids is 2. The Labute approximate surface area is 471 Å². The molecule has 5 aromatic carbocycles. The standard InChI is InChI=1S/C71H97NO6/c1-16-32-75-62-48-36-50-42-57(69(7,8)9)44-52(63(50)76-33-17-2)38-54-46-59(71(13,14)15)47-55(65(54)78-35-28-24-22-20-19-21-23-27-31-72-66(73)60-29-25-26-30-61(60)67(72)74)39-53-45-58(70(10,11)12)43-51(64(53)77-34-18-3)37-49(62)41-56(40-48)68(4,5)6/h25-26,29-30,40-47H,16-24,27-28,31-39H2,1-15H3. The van der Waals surface area contributed by atoms with Crippen LogP contribution in [0.2, 0.25) is 0 Å². The van der Waals surface area contributed by atoms with E-state index < -0.39 is 0 Å². The number of hydrogen-bond acceptors (Lipinski definition) is 6. The maximum atomic E-state index is 12.9. The third kappa shape index (κ3) is 14.8. The summed E-state index contributed by atoms with van der Waals surface area (Å²) in [5.41, 5.74) is 15.3. The molecule has 0 saturated heterocycles. The van der Waals surface area contributed by atoms with Gasteiger partial charge >= 0.3 is 0 Å². The number of unbranched alkanes of at least 4 members (excludes halogenated alkanes) is 7. The number of imide groups is 1. The molecule has 5 aromatic rings. The van der Waals surface area contributed by atoms with Crippen molar-refractivity contribution in [3.63, 3.8) is 0 Å². The van der Waals surface area contributed by atoms with Crippen LogP contribution in [-0.2, 0) is 47.3 Å². The highest BCUT2D eigenvalue weighted by Gasteiger charge is 2.35. The van der Waals surface area contributed by atoms with Gasteiger partial charge in [-0.3, -0.25) is 14.5 Å². The number of nitrogens with zero attached hydrogens (tertiary/aromatic N) is 1. The van der Waals surface area contributed by atoms with Crippen molar-refractivity contribution in [1.29, 1.82) is 0 Å². The van der Waals surface area contributed by atoms with E-state index in [9.17, 15) is 9.59 Å². The first kappa shape index (κ1) is 60.1. The minimum absolute atomic E-state index is 0.103. The lowest BCUT2D eigenvalue weighted by atomic mass is 9.79. The molecule has 1 aliphatic carbocycles. The molecule has 0 radical (unpaired) electrons. The summed E-state index contributed by atoms with van der Waals surface area (Å²) < 4.78 is 28.4. The predicted molar refractivity (Wildman–Crippen MR) is 323 cm³/mol. The van der Waals surface area contributed by atoms with Gasteiger partial charge in [-0.25, -0.2) is 0 Å². The maximum Gasteiger partial charge on any atom is 0.261 e. The molecule has 0 N–H and O–H groups in total. The van der Waals surface area contributed by atoms with Gasteiger partial charge < -0.3 is 18.9 Å². The van der Waals surface area contributed by atoms with Crippen LogP contribution < -0.4 is 18.9 Å². The number of carbonyl (C=O) groups is 2. The summed E-state index contributed by atoms with van der Waals surface area (Å²) in [6.07, 6.45) is 13.8. The largest absolute Gasteiger partial charge is 0.493 e. The smallest absolute Gasteiger partial charge is 0.261 e.